The summed E-state index contributed by atoms with van der Waals surface area (Å²) in [6.07, 6.45) is 19.8. The standard InChI is InChI=1S/C58H86O6Si2/c1-8-9-10-11-12-13-14-15-34-47-62-56(59)44-31-22-33-46-61-50-51(64-66(58(5,6)7,54-40-27-20-28-41-54)55-42-29-21-30-43-55)49-60-45-32-16-17-35-48-63-65(57(2,3)4,52-36-23-18-24-37-52)53-38-25-19-26-39-53/h15,18-21,23-30,34,36-43,51H,8-14,16-17,22,31-33,35,44-50H2,1-7H3. The fraction of sp³-hybridized carbons (Fsp3) is 0.534. The molecule has 4 aromatic rings. The van der Waals surface area contributed by atoms with Gasteiger partial charge in [0, 0.05) is 26.2 Å². The molecule has 0 aliphatic rings. The van der Waals surface area contributed by atoms with Crippen LogP contribution in [0.15, 0.2) is 133 Å². The van der Waals surface area contributed by atoms with E-state index in [-0.39, 0.29) is 22.1 Å². The van der Waals surface area contributed by atoms with Crippen molar-refractivity contribution in [2.45, 2.75) is 161 Å². The zero-order valence-corrected chi connectivity index (χ0v) is 44.1. The second-order valence-electron chi connectivity index (χ2n) is 20.0. The summed E-state index contributed by atoms with van der Waals surface area (Å²) in [5.41, 5.74) is 0. The van der Waals surface area contributed by atoms with Crippen LogP contribution in [-0.4, -0.2) is 68.3 Å². The largest absolute Gasteiger partial charge is 0.461 e. The summed E-state index contributed by atoms with van der Waals surface area (Å²) in [7, 11) is -5.36. The van der Waals surface area contributed by atoms with E-state index in [4.69, 9.17) is 23.1 Å². The van der Waals surface area contributed by atoms with Crippen molar-refractivity contribution in [3.05, 3.63) is 133 Å². The lowest BCUT2D eigenvalue weighted by Gasteiger charge is -2.45. The molecule has 0 fully saturated rings. The SMILES string of the molecule is CCCCCCCCC=CCOC(=O)CCCCCOCC(COCCCCCCO[Si](c1ccccc1)(c1ccccc1)C(C)(C)C)O[Si](c1ccccc1)(c1ccccc1)C(C)(C)C. The summed E-state index contributed by atoms with van der Waals surface area (Å²) in [4.78, 5) is 12.4. The third-order valence-electron chi connectivity index (χ3n) is 12.7. The van der Waals surface area contributed by atoms with Crippen molar-refractivity contribution in [3.63, 3.8) is 0 Å². The van der Waals surface area contributed by atoms with Crippen molar-refractivity contribution in [2.75, 3.05) is 39.6 Å². The van der Waals surface area contributed by atoms with E-state index >= 15 is 0 Å². The van der Waals surface area contributed by atoms with Gasteiger partial charge in [0.15, 0.2) is 0 Å². The Morgan fingerprint density at radius 2 is 0.909 bits per heavy atom. The molecular formula is C58H86O6Si2. The number of carbonyl (C=O) groups is 1. The van der Waals surface area contributed by atoms with Crippen molar-refractivity contribution in [1.29, 1.82) is 0 Å². The Morgan fingerprint density at radius 3 is 1.38 bits per heavy atom. The van der Waals surface area contributed by atoms with Crippen LogP contribution in [0, 0.1) is 0 Å². The van der Waals surface area contributed by atoms with Gasteiger partial charge in [-0.2, -0.15) is 0 Å². The van der Waals surface area contributed by atoms with E-state index in [9.17, 15) is 4.79 Å². The normalized spacial score (nSPS) is 13.0. The Morgan fingerprint density at radius 1 is 0.500 bits per heavy atom. The number of benzene rings is 4. The third kappa shape index (κ3) is 17.5. The number of allylic oxidation sites excluding steroid dienone is 1. The lowest BCUT2D eigenvalue weighted by molar-refractivity contribution is -0.142. The molecule has 0 radical (unpaired) electrons. The summed E-state index contributed by atoms with van der Waals surface area (Å²) in [5, 5.41) is 4.95. The van der Waals surface area contributed by atoms with Crippen LogP contribution in [0.4, 0.5) is 0 Å². The fourth-order valence-corrected chi connectivity index (χ4v) is 18.5. The van der Waals surface area contributed by atoms with Crippen LogP contribution in [0.5, 0.6) is 0 Å². The molecule has 1 unspecified atom stereocenters. The van der Waals surface area contributed by atoms with E-state index in [1.807, 2.05) is 6.08 Å². The highest BCUT2D eigenvalue weighted by molar-refractivity contribution is 7.00. The van der Waals surface area contributed by atoms with Crippen molar-refractivity contribution in [3.8, 4) is 0 Å². The number of ether oxygens (including phenoxy) is 3. The van der Waals surface area contributed by atoms with Gasteiger partial charge in [0.05, 0.1) is 19.3 Å². The highest BCUT2D eigenvalue weighted by Gasteiger charge is 2.52. The number of hydrogen-bond donors (Lipinski definition) is 0. The van der Waals surface area contributed by atoms with E-state index in [0.29, 0.717) is 39.5 Å². The second-order valence-corrected chi connectivity index (χ2v) is 28.6. The molecule has 4 rings (SSSR count). The quantitative estimate of drug-likeness (QED) is 0.0205. The maximum Gasteiger partial charge on any atom is 0.306 e. The van der Waals surface area contributed by atoms with E-state index in [2.05, 4.69) is 176 Å². The summed E-state index contributed by atoms with van der Waals surface area (Å²) in [6, 6.07) is 43.4. The molecule has 362 valence electrons. The Bertz CT molecular complexity index is 1800. The molecular weight excluding hydrogens is 849 g/mol. The smallest absolute Gasteiger partial charge is 0.306 e. The number of carbonyl (C=O) groups excluding carboxylic acids is 1. The Labute approximate surface area is 403 Å². The number of esters is 1. The average molecular weight is 935 g/mol. The van der Waals surface area contributed by atoms with Crippen molar-refractivity contribution in [2.24, 2.45) is 0 Å². The Balaban J connectivity index is 1.28. The van der Waals surface area contributed by atoms with Gasteiger partial charge in [-0.1, -0.05) is 233 Å². The van der Waals surface area contributed by atoms with Gasteiger partial charge in [-0.15, -0.1) is 0 Å². The average Bonchev–Trinajstić information content (AvgIpc) is 3.31. The second kappa shape index (κ2) is 30.0. The molecule has 66 heavy (non-hydrogen) atoms. The van der Waals surface area contributed by atoms with Crippen molar-refractivity contribution in [1.82, 2.24) is 0 Å². The first kappa shape index (κ1) is 55.0. The first-order chi connectivity index (χ1) is 32.0. The van der Waals surface area contributed by atoms with E-state index < -0.39 is 16.6 Å². The molecule has 0 amide bonds. The molecule has 0 bridgehead atoms. The highest BCUT2D eigenvalue weighted by Crippen LogP contribution is 2.38. The van der Waals surface area contributed by atoms with Gasteiger partial charge in [-0.05, 0) is 69.3 Å². The zero-order valence-electron chi connectivity index (χ0n) is 42.1. The predicted octanol–water partition coefficient (Wildman–Crippen LogP) is 12.5. The number of rotatable bonds is 33. The van der Waals surface area contributed by atoms with Gasteiger partial charge >= 0.3 is 5.97 Å². The molecule has 8 heteroatoms. The van der Waals surface area contributed by atoms with Gasteiger partial charge in [0.25, 0.3) is 16.6 Å². The summed E-state index contributed by atoms with van der Waals surface area (Å²) in [5.74, 6) is -0.125. The molecule has 0 spiro atoms. The third-order valence-corrected chi connectivity index (χ3v) is 22.8. The van der Waals surface area contributed by atoms with Gasteiger partial charge in [0.2, 0.25) is 0 Å². The van der Waals surface area contributed by atoms with Crippen LogP contribution in [0.2, 0.25) is 10.1 Å². The molecule has 1 atom stereocenters. The Kier molecular flexibility index (Phi) is 25.0. The predicted molar refractivity (Wildman–Crippen MR) is 283 cm³/mol. The van der Waals surface area contributed by atoms with Crippen LogP contribution in [0.1, 0.15) is 145 Å². The highest BCUT2D eigenvalue weighted by atomic mass is 28.4. The molecule has 0 aliphatic carbocycles. The lowest BCUT2D eigenvalue weighted by atomic mass is 10.1. The van der Waals surface area contributed by atoms with E-state index in [0.717, 1.165) is 58.0 Å². The minimum absolute atomic E-state index is 0.0277. The lowest BCUT2D eigenvalue weighted by Crippen LogP contribution is -2.68. The maximum atomic E-state index is 12.4. The summed E-state index contributed by atoms with van der Waals surface area (Å²) < 4.78 is 33.0. The van der Waals surface area contributed by atoms with Gasteiger partial charge in [-0.3, -0.25) is 4.79 Å². The molecule has 0 aliphatic heterocycles. The van der Waals surface area contributed by atoms with Crippen LogP contribution in [0.3, 0.4) is 0 Å². The van der Waals surface area contributed by atoms with Crippen LogP contribution < -0.4 is 20.7 Å². The first-order valence-electron chi connectivity index (χ1n) is 25.5. The minimum atomic E-state index is -2.83. The maximum absolute atomic E-state index is 12.4. The molecule has 0 heterocycles. The minimum Gasteiger partial charge on any atom is -0.461 e. The van der Waals surface area contributed by atoms with Gasteiger partial charge in [0.1, 0.15) is 6.61 Å². The molecule has 0 aromatic heterocycles. The van der Waals surface area contributed by atoms with E-state index in [1.165, 1.54) is 59.3 Å². The van der Waals surface area contributed by atoms with Crippen LogP contribution in [-0.2, 0) is 27.9 Å². The van der Waals surface area contributed by atoms with Gasteiger partial charge in [-0.25, -0.2) is 0 Å². The van der Waals surface area contributed by atoms with E-state index in [1.54, 1.807) is 0 Å². The Hall–Kier alpha value is -3.64. The summed E-state index contributed by atoms with van der Waals surface area (Å²) in [6.45, 7) is 19.5. The topological polar surface area (TPSA) is 63.2 Å². The molecule has 0 N–H and O–H groups in total. The molecule has 0 saturated heterocycles. The molecule has 4 aromatic carbocycles. The summed E-state index contributed by atoms with van der Waals surface area (Å²) >= 11 is 0. The van der Waals surface area contributed by atoms with Crippen molar-refractivity contribution < 1.29 is 27.9 Å². The van der Waals surface area contributed by atoms with Gasteiger partial charge < -0.3 is 23.1 Å². The van der Waals surface area contributed by atoms with Crippen LogP contribution in [0.25, 0.3) is 0 Å². The monoisotopic (exact) mass is 935 g/mol. The fourth-order valence-electron chi connectivity index (χ4n) is 9.23. The number of unbranched alkanes of at least 4 members (excludes halogenated alkanes) is 11. The zero-order chi connectivity index (χ0) is 47.4. The first-order valence-corrected chi connectivity index (χ1v) is 29.3. The van der Waals surface area contributed by atoms with Crippen LogP contribution >= 0.6 is 0 Å². The number of hydrogen-bond acceptors (Lipinski definition) is 6. The molecule has 0 saturated carbocycles. The molecule has 6 nitrogen and oxygen atoms in total. The van der Waals surface area contributed by atoms with Crippen molar-refractivity contribution >= 4 is 43.4 Å².